The number of aliphatic hydroxyl groups is 3. The van der Waals surface area contributed by atoms with Crippen LogP contribution in [0, 0.1) is 0 Å². The quantitative estimate of drug-likeness (QED) is 0.480. The summed E-state index contributed by atoms with van der Waals surface area (Å²) < 4.78 is 0. The fraction of sp³-hybridized carbons (Fsp3) is 1.00. The molecule has 0 aliphatic carbocycles. The van der Waals surface area contributed by atoms with Gasteiger partial charge in [0.1, 0.15) is 6.10 Å². The molecule has 0 amide bonds. The van der Waals surface area contributed by atoms with Crippen molar-refractivity contribution in [1.29, 1.82) is 0 Å². The van der Waals surface area contributed by atoms with E-state index < -0.39 is 6.10 Å². The van der Waals surface area contributed by atoms with Gasteiger partial charge in [0.25, 0.3) is 0 Å². The summed E-state index contributed by atoms with van der Waals surface area (Å²) in [6, 6.07) is 0. The van der Waals surface area contributed by atoms with Crippen molar-refractivity contribution in [2.75, 3.05) is 13.2 Å². The second-order valence-corrected chi connectivity index (χ2v) is 1.02. The molecule has 0 atom stereocenters. The molecule has 0 saturated carbocycles. The molecular formula is C3H8O3Zr. The van der Waals surface area contributed by atoms with Crippen LogP contribution >= 0.6 is 0 Å². The third-order valence-corrected chi connectivity index (χ3v) is 0.421. The Bertz CT molecular complexity index is 29.4. The number of hydrogen-bond acceptors (Lipinski definition) is 3. The van der Waals surface area contributed by atoms with E-state index in [-0.39, 0.29) is 39.4 Å². The van der Waals surface area contributed by atoms with Crippen molar-refractivity contribution in [1.82, 2.24) is 0 Å². The summed E-state index contributed by atoms with van der Waals surface area (Å²) in [6.45, 7) is -0.729. The van der Waals surface area contributed by atoms with Crippen molar-refractivity contribution < 1.29 is 41.5 Å². The molecular weight excluding hydrogens is 175 g/mol. The second-order valence-electron chi connectivity index (χ2n) is 1.02. The molecule has 0 aliphatic heterocycles. The van der Waals surface area contributed by atoms with Gasteiger partial charge in [0.05, 0.1) is 13.2 Å². The summed E-state index contributed by atoms with van der Waals surface area (Å²) in [4.78, 5) is 0. The van der Waals surface area contributed by atoms with Gasteiger partial charge in [0.2, 0.25) is 0 Å². The zero-order valence-electron chi connectivity index (χ0n) is 3.83. The van der Waals surface area contributed by atoms with Crippen LogP contribution in [-0.2, 0) is 26.2 Å². The third kappa shape index (κ3) is 6.76. The van der Waals surface area contributed by atoms with Gasteiger partial charge in [-0.2, -0.15) is 0 Å². The van der Waals surface area contributed by atoms with E-state index in [0.717, 1.165) is 0 Å². The van der Waals surface area contributed by atoms with Crippen molar-refractivity contribution in [3.8, 4) is 0 Å². The third-order valence-electron chi connectivity index (χ3n) is 0.421. The minimum atomic E-state index is -0.954. The van der Waals surface area contributed by atoms with E-state index in [0.29, 0.717) is 0 Å². The summed E-state index contributed by atoms with van der Waals surface area (Å²) in [5, 5.41) is 24.0. The van der Waals surface area contributed by atoms with Gasteiger partial charge in [-0.15, -0.1) is 0 Å². The molecule has 0 spiro atoms. The predicted octanol–water partition coefficient (Wildman–Crippen LogP) is -1.67. The van der Waals surface area contributed by atoms with Gasteiger partial charge in [0.15, 0.2) is 0 Å². The minimum Gasteiger partial charge on any atom is -0.394 e. The molecule has 0 bridgehead atoms. The molecule has 0 unspecified atom stereocenters. The smallest absolute Gasteiger partial charge is 0.100 e. The average molecular weight is 183 g/mol. The van der Waals surface area contributed by atoms with Crippen LogP contribution in [0.25, 0.3) is 0 Å². The van der Waals surface area contributed by atoms with Gasteiger partial charge < -0.3 is 15.3 Å². The van der Waals surface area contributed by atoms with Crippen LogP contribution in [0.5, 0.6) is 0 Å². The minimum absolute atomic E-state index is 0. The first kappa shape index (κ1) is 10.7. The Morgan fingerprint density at radius 2 is 1.43 bits per heavy atom. The van der Waals surface area contributed by atoms with Crippen LogP contribution in [0.4, 0.5) is 0 Å². The standard InChI is InChI=1S/C3H8O3.Zr/c4-1-3(6)2-5;/h3-6H,1-2H2;. The Hall–Kier alpha value is 0.763. The SMILES string of the molecule is OCC(O)CO.[Zr]. The maximum Gasteiger partial charge on any atom is 0.100 e. The van der Waals surface area contributed by atoms with Crippen molar-refractivity contribution in [3.05, 3.63) is 0 Å². The first-order valence-corrected chi connectivity index (χ1v) is 1.71. The Balaban J connectivity index is 0. The Kier molecular flexibility index (Phi) is 10.3. The van der Waals surface area contributed by atoms with Gasteiger partial charge >= 0.3 is 0 Å². The number of aliphatic hydroxyl groups excluding tert-OH is 3. The van der Waals surface area contributed by atoms with Gasteiger partial charge in [-0.05, 0) is 0 Å². The van der Waals surface area contributed by atoms with E-state index in [2.05, 4.69) is 0 Å². The summed E-state index contributed by atoms with van der Waals surface area (Å²) in [7, 11) is 0. The summed E-state index contributed by atoms with van der Waals surface area (Å²) in [5.74, 6) is 0. The van der Waals surface area contributed by atoms with E-state index in [4.69, 9.17) is 15.3 Å². The molecule has 0 saturated heterocycles. The first-order valence-electron chi connectivity index (χ1n) is 1.71. The zero-order chi connectivity index (χ0) is 4.99. The average Bonchev–Trinajstić information content (AvgIpc) is 1.65. The molecule has 0 aromatic heterocycles. The molecule has 0 aromatic rings. The topological polar surface area (TPSA) is 60.7 Å². The Morgan fingerprint density at radius 3 is 1.43 bits per heavy atom. The van der Waals surface area contributed by atoms with Crippen molar-refractivity contribution in [2.45, 2.75) is 6.10 Å². The van der Waals surface area contributed by atoms with Crippen LogP contribution in [0.2, 0.25) is 0 Å². The molecule has 3 N–H and O–H groups in total. The van der Waals surface area contributed by atoms with E-state index in [1.165, 1.54) is 0 Å². The van der Waals surface area contributed by atoms with Crippen molar-refractivity contribution in [2.24, 2.45) is 0 Å². The molecule has 0 fully saturated rings. The van der Waals surface area contributed by atoms with Crippen molar-refractivity contribution >= 4 is 0 Å². The zero-order valence-corrected chi connectivity index (χ0v) is 6.29. The Morgan fingerprint density at radius 1 is 1.14 bits per heavy atom. The molecule has 0 heterocycles. The van der Waals surface area contributed by atoms with E-state index in [9.17, 15) is 0 Å². The van der Waals surface area contributed by atoms with Gasteiger partial charge in [-0.1, -0.05) is 0 Å². The largest absolute Gasteiger partial charge is 0.394 e. The van der Waals surface area contributed by atoms with Gasteiger partial charge in [-0.25, -0.2) is 0 Å². The molecule has 0 aromatic carbocycles. The van der Waals surface area contributed by atoms with Crippen LogP contribution in [0.15, 0.2) is 0 Å². The predicted molar refractivity (Wildman–Crippen MR) is 20.2 cm³/mol. The summed E-state index contributed by atoms with van der Waals surface area (Å²) in [5.41, 5.74) is 0. The molecule has 0 rings (SSSR count). The first-order chi connectivity index (χ1) is 2.81. The molecule has 7 heavy (non-hydrogen) atoms. The molecule has 42 valence electrons. The van der Waals surface area contributed by atoms with Crippen LogP contribution in [0.1, 0.15) is 0 Å². The monoisotopic (exact) mass is 182 g/mol. The number of hydrogen-bond donors (Lipinski definition) is 3. The fourth-order valence-electron chi connectivity index (χ4n) is 0.0577. The van der Waals surface area contributed by atoms with Gasteiger partial charge in [0, 0.05) is 26.2 Å². The molecule has 0 radical (unpaired) electrons. The number of rotatable bonds is 2. The van der Waals surface area contributed by atoms with Crippen LogP contribution in [0.3, 0.4) is 0 Å². The Labute approximate surface area is 61.1 Å². The summed E-state index contributed by atoms with van der Waals surface area (Å²) in [6.07, 6.45) is -0.954. The second kappa shape index (κ2) is 6.76. The normalized spacial score (nSPS) is 8.57. The van der Waals surface area contributed by atoms with Crippen LogP contribution in [-0.4, -0.2) is 34.6 Å². The molecule has 0 aliphatic rings. The molecule has 4 heteroatoms. The maximum atomic E-state index is 8.17. The van der Waals surface area contributed by atoms with E-state index in [1.54, 1.807) is 0 Å². The molecule has 3 nitrogen and oxygen atoms in total. The van der Waals surface area contributed by atoms with E-state index >= 15 is 0 Å². The van der Waals surface area contributed by atoms with Crippen molar-refractivity contribution in [3.63, 3.8) is 0 Å². The summed E-state index contributed by atoms with van der Waals surface area (Å²) >= 11 is 0. The van der Waals surface area contributed by atoms with Gasteiger partial charge in [-0.3, -0.25) is 0 Å². The van der Waals surface area contributed by atoms with Crippen LogP contribution < -0.4 is 0 Å². The maximum absolute atomic E-state index is 8.17. The fourth-order valence-corrected chi connectivity index (χ4v) is 0.0577. The van der Waals surface area contributed by atoms with E-state index in [1.807, 2.05) is 0 Å².